The van der Waals surface area contributed by atoms with Crippen molar-refractivity contribution in [1.82, 2.24) is 9.97 Å². The third kappa shape index (κ3) is 6.66. The van der Waals surface area contributed by atoms with E-state index in [0.717, 1.165) is 78.0 Å². The van der Waals surface area contributed by atoms with Crippen LogP contribution in [-0.4, -0.2) is 21.4 Å². The number of nitrogens with zero attached hydrogens (tertiary/aromatic N) is 4. The van der Waals surface area contributed by atoms with E-state index >= 15 is 0 Å². The molecular formula is C56H36N4. The van der Waals surface area contributed by atoms with Gasteiger partial charge in [0.05, 0.1) is 33.8 Å². The molecule has 8 aromatic carbocycles. The highest BCUT2D eigenvalue weighted by molar-refractivity contribution is 6.23. The first kappa shape index (κ1) is 35.1. The number of pyridine rings is 2. The number of rotatable bonds is 6. The first-order chi connectivity index (χ1) is 29.7. The minimum atomic E-state index is 0.715. The maximum absolute atomic E-state index is 5.58. The van der Waals surface area contributed by atoms with Gasteiger partial charge in [0.15, 0.2) is 0 Å². The summed E-state index contributed by atoms with van der Waals surface area (Å²) >= 11 is 0. The molecule has 11 rings (SSSR count). The number of para-hydroxylation sites is 2. The SMILES string of the molecule is c1ccc(-c2cccc(-c3cccc(C4=Nc5cc6ccccc6nc5C(c5cccc(-c6cccc(-c7ccccc7)c6)c5)=Nc5cc6ccccc6nc54)c3)c2)cc1. The van der Waals surface area contributed by atoms with Crippen LogP contribution >= 0.6 is 0 Å². The summed E-state index contributed by atoms with van der Waals surface area (Å²) in [6.07, 6.45) is 0. The first-order valence-electron chi connectivity index (χ1n) is 20.2. The average molecular weight is 765 g/mol. The van der Waals surface area contributed by atoms with Crippen LogP contribution in [0.25, 0.3) is 66.3 Å². The maximum Gasteiger partial charge on any atom is 0.116 e. The Hall–Kier alpha value is -8.08. The van der Waals surface area contributed by atoms with E-state index in [1.165, 1.54) is 22.3 Å². The highest BCUT2D eigenvalue weighted by Gasteiger charge is 2.24. The number of benzene rings is 8. The second-order valence-corrected chi connectivity index (χ2v) is 15.1. The second-order valence-electron chi connectivity index (χ2n) is 15.1. The van der Waals surface area contributed by atoms with Gasteiger partial charge in [-0.1, -0.05) is 170 Å². The van der Waals surface area contributed by atoms with Gasteiger partial charge < -0.3 is 0 Å². The minimum Gasteiger partial charge on any atom is -0.244 e. The molecule has 10 aromatic rings. The smallest absolute Gasteiger partial charge is 0.116 e. The predicted octanol–water partition coefficient (Wildman–Crippen LogP) is 14.1. The zero-order chi connectivity index (χ0) is 39.8. The fraction of sp³-hybridized carbons (Fsp3) is 0. The quantitative estimate of drug-likeness (QED) is 0.169. The molecule has 1 aliphatic heterocycles. The highest BCUT2D eigenvalue weighted by Crippen LogP contribution is 2.37. The molecule has 3 heterocycles. The molecule has 4 nitrogen and oxygen atoms in total. The van der Waals surface area contributed by atoms with Crippen molar-refractivity contribution in [2.45, 2.75) is 0 Å². The molecule has 1 aliphatic rings. The highest BCUT2D eigenvalue weighted by atomic mass is 14.9. The van der Waals surface area contributed by atoms with Gasteiger partial charge in [0, 0.05) is 21.9 Å². The first-order valence-corrected chi connectivity index (χ1v) is 20.2. The van der Waals surface area contributed by atoms with Crippen LogP contribution < -0.4 is 0 Å². The molecule has 0 saturated carbocycles. The van der Waals surface area contributed by atoms with E-state index in [4.69, 9.17) is 20.0 Å². The Morgan fingerprint density at radius 3 is 0.933 bits per heavy atom. The van der Waals surface area contributed by atoms with Gasteiger partial charge in [-0.3, -0.25) is 0 Å². The van der Waals surface area contributed by atoms with Gasteiger partial charge in [-0.05, 0) is 93.0 Å². The Balaban J connectivity index is 1.11. The third-order valence-electron chi connectivity index (χ3n) is 11.2. The fourth-order valence-corrected chi connectivity index (χ4v) is 8.19. The van der Waals surface area contributed by atoms with Crippen LogP contribution in [0.15, 0.2) is 228 Å². The molecule has 0 unspecified atom stereocenters. The number of aromatic nitrogens is 2. The van der Waals surface area contributed by atoms with Crippen LogP contribution in [0.4, 0.5) is 11.4 Å². The lowest BCUT2D eigenvalue weighted by Crippen LogP contribution is -2.13. The van der Waals surface area contributed by atoms with Crippen LogP contribution in [0.5, 0.6) is 0 Å². The normalized spacial score (nSPS) is 12.2. The zero-order valence-electron chi connectivity index (χ0n) is 32.6. The van der Waals surface area contributed by atoms with Crippen molar-refractivity contribution in [2.24, 2.45) is 9.98 Å². The van der Waals surface area contributed by atoms with E-state index in [1.807, 2.05) is 36.4 Å². The monoisotopic (exact) mass is 764 g/mol. The topological polar surface area (TPSA) is 50.5 Å². The average Bonchev–Trinajstić information content (AvgIpc) is 3.32. The van der Waals surface area contributed by atoms with Crippen molar-refractivity contribution in [3.05, 3.63) is 241 Å². The molecule has 0 bridgehead atoms. The molecule has 4 heteroatoms. The Morgan fingerprint density at radius 2 is 0.533 bits per heavy atom. The van der Waals surface area contributed by atoms with Crippen molar-refractivity contribution in [3.63, 3.8) is 0 Å². The molecule has 0 fully saturated rings. The summed E-state index contributed by atoms with van der Waals surface area (Å²) in [5.74, 6) is 0. The van der Waals surface area contributed by atoms with Crippen molar-refractivity contribution in [2.75, 3.05) is 0 Å². The van der Waals surface area contributed by atoms with Crippen molar-refractivity contribution in [1.29, 1.82) is 0 Å². The predicted molar refractivity (Wildman–Crippen MR) is 249 cm³/mol. The number of hydrogen-bond acceptors (Lipinski definition) is 4. The maximum atomic E-state index is 5.58. The molecule has 0 saturated heterocycles. The Morgan fingerprint density at radius 1 is 0.233 bits per heavy atom. The molecule has 60 heavy (non-hydrogen) atoms. The Labute approximate surface area is 348 Å². The van der Waals surface area contributed by atoms with E-state index in [1.54, 1.807) is 0 Å². The lowest BCUT2D eigenvalue weighted by Gasteiger charge is -2.19. The van der Waals surface area contributed by atoms with Gasteiger partial charge in [-0.15, -0.1) is 0 Å². The van der Waals surface area contributed by atoms with Crippen LogP contribution in [0, 0.1) is 0 Å². The van der Waals surface area contributed by atoms with Crippen molar-refractivity contribution < 1.29 is 0 Å². The largest absolute Gasteiger partial charge is 0.244 e. The van der Waals surface area contributed by atoms with Gasteiger partial charge in [-0.25, -0.2) is 20.0 Å². The van der Waals surface area contributed by atoms with Gasteiger partial charge in [0.25, 0.3) is 0 Å². The van der Waals surface area contributed by atoms with Crippen molar-refractivity contribution in [3.8, 4) is 44.5 Å². The van der Waals surface area contributed by atoms with Gasteiger partial charge in [0.2, 0.25) is 0 Å². The van der Waals surface area contributed by atoms with E-state index in [-0.39, 0.29) is 0 Å². The molecule has 0 spiro atoms. The van der Waals surface area contributed by atoms with Crippen LogP contribution in [0.3, 0.4) is 0 Å². The summed E-state index contributed by atoms with van der Waals surface area (Å²) in [6.45, 7) is 0. The minimum absolute atomic E-state index is 0.715. The molecular weight excluding hydrogens is 729 g/mol. The van der Waals surface area contributed by atoms with E-state index < -0.39 is 0 Å². The molecule has 0 amide bonds. The third-order valence-corrected chi connectivity index (χ3v) is 11.2. The summed E-state index contributed by atoms with van der Waals surface area (Å²) in [5.41, 5.74) is 17.1. The number of aliphatic imine (C=N–C) groups is 2. The molecule has 0 radical (unpaired) electrons. The summed E-state index contributed by atoms with van der Waals surface area (Å²) < 4.78 is 0. The molecule has 0 aliphatic carbocycles. The Kier molecular flexibility index (Phi) is 8.79. The molecule has 2 aromatic heterocycles. The van der Waals surface area contributed by atoms with Gasteiger partial charge in [0.1, 0.15) is 11.4 Å². The fourth-order valence-electron chi connectivity index (χ4n) is 8.19. The summed E-state index contributed by atoms with van der Waals surface area (Å²) in [7, 11) is 0. The van der Waals surface area contributed by atoms with Gasteiger partial charge in [-0.2, -0.15) is 0 Å². The number of hydrogen-bond donors (Lipinski definition) is 0. The number of fused-ring (bicyclic) bond motifs is 4. The van der Waals surface area contributed by atoms with Crippen LogP contribution in [-0.2, 0) is 0 Å². The summed E-state index contributed by atoms with van der Waals surface area (Å²) in [4.78, 5) is 21.8. The summed E-state index contributed by atoms with van der Waals surface area (Å²) in [5, 5.41) is 2.01. The Bertz CT molecular complexity index is 3090. The standard InChI is InChI=1S/C56H36N4/c1-3-15-37(16-4-1)39-21-11-23-41(31-39)43-25-13-27-47(33-43)53-55-51(35-45-19-7-9-29-49(45)57-55)60-54(56-52(59-53)36-46-20-8-10-30-50(46)58-56)48-28-14-26-44(34-48)42-24-12-22-40(32-42)38-17-5-2-6-18-38/h1-36H. The molecule has 0 N–H and O–H groups in total. The lowest BCUT2D eigenvalue weighted by molar-refractivity contribution is 1.27. The summed E-state index contributed by atoms with van der Waals surface area (Å²) in [6, 6.07) is 76.3. The molecule has 280 valence electrons. The zero-order valence-corrected chi connectivity index (χ0v) is 32.6. The second kappa shape index (κ2) is 15.0. The molecule has 0 atom stereocenters. The van der Waals surface area contributed by atoms with E-state index in [0.29, 0.717) is 11.4 Å². The van der Waals surface area contributed by atoms with Crippen LogP contribution in [0.1, 0.15) is 22.5 Å². The lowest BCUT2D eigenvalue weighted by atomic mass is 9.94. The van der Waals surface area contributed by atoms with E-state index in [9.17, 15) is 0 Å². The van der Waals surface area contributed by atoms with Crippen LogP contribution in [0.2, 0.25) is 0 Å². The van der Waals surface area contributed by atoms with Crippen molar-refractivity contribution >= 4 is 44.6 Å². The van der Waals surface area contributed by atoms with E-state index in [2.05, 4.69) is 182 Å². The van der Waals surface area contributed by atoms with Gasteiger partial charge >= 0.3 is 0 Å².